The molecule has 0 amide bonds. The smallest absolute Gasteiger partial charge is 0.320 e. The Hall–Kier alpha value is -0.570. The summed E-state index contributed by atoms with van der Waals surface area (Å²) in [4.78, 5) is 13.4. The van der Waals surface area contributed by atoms with Crippen LogP contribution in [0.25, 0.3) is 0 Å². The van der Waals surface area contributed by atoms with Crippen molar-refractivity contribution >= 4 is 5.97 Å². The number of piperidine rings is 1. The second-order valence-electron chi connectivity index (χ2n) is 5.42. The van der Waals surface area contributed by atoms with E-state index in [1.807, 2.05) is 0 Å². The molecule has 2 fully saturated rings. The number of carboxylic acids is 1. The van der Waals surface area contributed by atoms with Crippen LogP contribution in [0.3, 0.4) is 0 Å². The van der Waals surface area contributed by atoms with Crippen molar-refractivity contribution in [2.75, 3.05) is 13.1 Å². The Morgan fingerprint density at radius 2 is 2.06 bits per heavy atom. The number of hydrogen-bond donors (Lipinski definition) is 1. The molecule has 0 spiro atoms. The fraction of sp³-hybridized carbons (Fsp3) is 0.923. The predicted octanol–water partition coefficient (Wildman–Crippen LogP) is 2.36. The van der Waals surface area contributed by atoms with E-state index < -0.39 is 5.97 Å². The first-order valence-electron chi connectivity index (χ1n) is 6.67. The third-order valence-corrected chi connectivity index (χ3v) is 4.21. The number of aliphatic carboxylic acids is 1. The van der Waals surface area contributed by atoms with Crippen molar-refractivity contribution in [3.05, 3.63) is 0 Å². The standard InChI is InChI=1S/C13H23NO2/c1-2-10-5-7-14(8-6-11-3-4-11)12(9-10)13(15)16/h10-12H,2-9H2,1H3,(H,15,16). The zero-order chi connectivity index (χ0) is 11.5. The van der Waals surface area contributed by atoms with Gasteiger partial charge in [-0.25, -0.2) is 0 Å². The number of carbonyl (C=O) groups is 1. The van der Waals surface area contributed by atoms with Gasteiger partial charge in [-0.15, -0.1) is 0 Å². The van der Waals surface area contributed by atoms with Crippen LogP contribution in [0.4, 0.5) is 0 Å². The molecule has 2 rings (SSSR count). The van der Waals surface area contributed by atoms with E-state index in [2.05, 4.69) is 11.8 Å². The summed E-state index contributed by atoms with van der Waals surface area (Å²) >= 11 is 0. The largest absolute Gasteiger partial charge is 0.480 e. The van der Waals surface area contributed by atoms with Crippen molar-refractivity contribution in [2.24, 2.45) is 11.8 Å². The van der Waals surface area contributed by atoms with Gasteiger partial charge in [-0.05, 0) is 44.2 Å². The van der Waals surface area contributed by atoms with Crippen molar-refractivity contribution in [3.8, 4) is 0 Å². The van der Waals surface area contributed by atoms with Crippen LogP contribution in [-0.2, 0) is 4.79 Å². The van der Waals surface area contributed by atoms with Gasteiger partial charge in [0.25, 0.3) is 0 Å². The van der Waals surface area contributed by atoms with Crippen molar-refractivity contribution in [2.45, 2.75) is 51.5 Å². The third kappa shape index (κ3) is 2.97. The van der Waals surface area contributed by atoms with E-state index in [0.717, 1.165) is 31.8 Å². The van der Waals surface area contributed by atoms with E-state index in [0.29, 0.717) is 5.92 Å². The van der Waals surface area contributed by atoms with Crippen LogP contribution in [0.2, 0.25) is 0 Å². The van der Waals surface area contributed by atoms with Crippen LogP contribution in [0.1, 0.15) is 45.4 Å². The minimum atomic E-state index is -0.617. The number of carboxylic acid groups (broad SMARTS) is 1. The molecule has 3 nitrogen and oxygen atoms in total. The molecule has 2 aliphatic rings. The summed E-state index contributed by atoms with van der Waals surface area (Å²) in [6, 6.07) is -0.211. The molecule has 0 aromatic heterocycles. The third-order valence-electron chi connectivity index (χ3n) is 4.21. The van der Waals surface area contributed by atoms with Crippen LogP contribution in [0.5, 0.6) is 0 Å². The van der Waals surface area contributed by atoms with Crippen LogP contribution in [-0.4, -0.2) is 35.1 Å². The van der Waals surface area contributed by atoms with Crippen LogP contribution in [0, 0.1) is 11.8 Å². The second-order valence-corrected chi connectivity index (χ2v) is 5.42. The Balaban J connectivity index is 1.85. The van der Waals surface area contributed by atoms with E-state index in [9.17, 15) is 9.90 Å². The Morgan fingerprint density at radius 1 is 1.31 bits per heavy atom. The van der Waals surface area contributed by atoms with Gasteiger partial charge in [-0.1, -0.05) is 26.2 Å². The molecule has 0 bridgehead atoms. The number of likely N-dealkylation sites (tertiary alicyclic amines) is 1. The molecular formula is C13H23NO2. The molecule has 1 N–H and O–H groups in total. The lowest BCUT2D eigenvalue weighted by Gasteiger charge is -2.36. The molecule has 1 aliphatic carbocycles. The highest BCUT2D eigenvalue weighted by molar-refractivity contribution is 5.73. The van der Waals surface area contributed by atoms with Gasteiger partial charge in [0.05, 0.1) is 0 Å². The van der Waals surface area contributed by atoms with Gasteiger partial charge < -0.3 is 5.11 Å². The fourth-order valence-corrected chi connectivity index (χ4v) is 2.74. The normalized spacial score (nSPS) is 31.6. The molecule has 1 heterocycles. The molecule has 1 aliphatic heterocycles. The molecule has 2 atom stereocenters. The average molecular weight is 225 g/mol. The maximum Gasteiger partial charge on any atom is 0.320 e. The molecule has 0 aromatic rings. The quantitative estimate of drug-likeness (QED) is 0.781. The number of rotatable bonds is 5. The molecule has 2 unspecified atom stereocenters. The molecule has 16 heavy (non-hydrogen) atoms. The summed E-state index contributed by atoms with van der Waals surface area (Å²) in [6.07, 6.45) is 7.11. The first-order valence-corrected chi connectivity index (χ1v) is 6.67. The molecule has 3 heteroatoms. The maximum atomic E-state index is 11.2. The zero-order valence-corrected chi connectivity index (χ0v) is 10.2. The monoisotopic (exact) mass is 225 g/mol. The SMILES string of the molecule is CCC1CCN(CCC2CC2)C(C(=O)O)C1. The number of hydrogen-bond acceptors (Lipinski definition) is 2. The average Bonchev–Trinajstić information content (AvgIpc) is 3.09. The second kappa shape index (κ2) is 5.17. The summed E-state index contributed by atoms with van der Waals surface area (Å²) in [5.74, 6) is 0.908. The lowest BCUT2D eigenvalue weighted by atomic mass is 9.88. The summed E-state index contributed by atoms with van der Waals surface area (Å²) in [6.45, 7) is 4.16. The summed E-state index contributed by atoms with van der Waals surface area (Å²) in [5, 5.41) is 9.26. The first-order chi connectivity index (χ1) is 7.70. The highest BCUT2D eigenvalue weighted by atomic mass is 16.4. The van der Waals surface area contributed by atoms with Crippen LogP contribution < -0.4 is 0 Å². The Morgan fingerprint density at radius 3 is 2.62 bits per heavy atom. The molecule has 1 saturated carbocycles. The van der Waals surface area contributed by atoms with Crippen molar-refractivity contribution in [1.82, 2.24) is 4.90 Å². The maximum absolute atomic E-state index is 11.2. The Labute approximate surface area is 97.8 Å². The lowest BCUT2D eigenvalue weighted by molar-refractivity contribution is -0.145. The van der Waals surface area contributed by atoms with E-state index in [-0.39, 0.29) is 6.04 Å². The molecular weight excluding hydrogens is 202 g/mol. The fourth-order valence-electron chi connectivity index (χ4n) is 2.74. The van der Waals surface area contributed by atoms with Crippen molar-refractivity contribution in [3.63, 3.8) is 0 Å². The van der Waals surface area contributed by atoms with Gasteiger partial charge in [-0.3, -0.25) is 9.69 Å². The minimum Gasteiger partial charge on any atom is -0.480 e. The summed E-state index contributed by atoms with van der Waals surface area (Å²) < 4.78 is 0. The minimum absolute atomic E-state index is 0.211. The van der Waals surface area contributed by atoms with Gasteiger partial charge in [0.15, 0.2) is 0 Å². The van der Waals surface area contributed by atoms with Gasteiger partial charge >= 0.3 is 5.97 Å². The molecule has 92 valence electrons. The highest BCUT2D eigenvalue weighted by Crippen LogP contribution is 2.34. The van der Waals surface area contributed by atoms with Crippen LogP contribution >= 0.6 is 0 Å². The Bertz CT molecular complexity index is 250. The molecule has 0 aromatic carbocycles. The summed E-state index contributed by atoms with van der Waals surface area (Å²) in [7, 11) is 0. The zero-order valence-electron chi connectivity index (χ0n) is 10.2. The highest BCUT2D eigenvalue weighted by Gasteiger charge is 2.33. The van der Waals surface area contributed by atoms with E-state index in [1.165, 1.54) is 25.7 Å². The van der Waals surface area contributed by atoms with Gasteiger partial charge in [0, 0.05) is 0 Å². The molecule has 1 saturated heterocycles. The van der Waals surface area contributed by atoms with Crippen molar-refractivity contribution < 1.29 is 9.90 Å². The Kier molecular flexibility index (Phi) is 3.85. The predicted molar refractivity (Wildman–Crippen MR) is 63.4 cm³/mol. The van der Waals surface area contributed by atoms with Crippen molar-refractivity contribution in [1.29, 1.82) is 0 Å². The van der Waals surface area contributed by atoms with Crippen LogP contribution in [0.15, 0.2) is 0 Å². The molecule has 0 radical (unpaired) electrons. The van der Waals surface area contributed by atoms with Gasteiger partial charge in [-0.2, -0.15) is 0 Å². The van der Waals surface area contributed by atoms with Gasteiger partial charge in [0.2, 0.25) is 0 Å². The van der Waals surface area contributed by atoms with E-state index in [1.54, 1.807) is 0 Å². The number of nitrogens with zero attached hydrogens (tertiary/aromatic N) is 1. The first kappa shape index (κ1) is 11.9. The van der Waals surface area contributed by atoms with E-state index >= 15 is 0 Å². The summed E-state index contributed by atoms with van der Waals surface area (Å²) in [5.41, 5.74) is 0. The topological polar surface area (TPSA) is 40.5 Å². The van der Waals surface area contributed by atoms with Gasteiger partial charge in [0.1, 0.15) is 6.04 Å². The lowest BCUT2D eigenvalue weighted by Crippen LogP contribution is -2.47. The van der Waals surface area contributed by atoms with E-state index in [4.69, 9.17) is 0 Å².